The van der Waals surface area contributed by atoms with Gasteiger partial charge in [-0.2, -0.15) is 5.26 Å². The molecule has 2 aliphatic carbocycles. The number of nitrogens with zero attached hydrogens (tertiary/aromatic N) is 1. The van der Waals surface area contributed by atoms with Gasteiger partial charge in [0, 0.05) is 11.8 Å². The largest absolute Gasteiger partial charge is 0.297 e. The van der Waals surface area contributed by atoms with Crippen molar-refractivity contribution in [3.8, 4) is 6.07 Å². The van der Waals surface area contributed by atoms with E-state index in [1.165, 1.54) is 0 Å². The van der Waals surface area contributed by atoms with Crippen molar-refractivity contribution in [2.45, 2.75) is 43.9 Å². The van der Waals surface area contributed by atoms with Crippen LogP contribution in [-0.4, -0.2) is 10.1 Å². The number of ketones is 1. The van der Waals surface area contributed by atoms with Crippen molar-refractivity contribution >= 4 is 21.7 Å². The lowest BCUT2D eigenvalue weighted by molar-refractivity contribution is -0.131. The number of hydrogen-bond donors (Lipinski definition) is 0. The summed E-state index contributed by atoms with van der Waals surface area (Å²) in [5.74, 6) is 0.298. The van der Waals surface area contributed by atoms with Crippen LogP contribution in [0.5, 0.6) is 0 Å². The number of alkyl halides is 1. The molecule has 2 saturated carbocycles. The topological polar surface area (TPSA) is 40.9 Å². The predicted octanol–water partition coefficient (Wildman–Crippen LogP) is 2.81. The van der Waals surface area contributed by atoms with Crippen molar-refractivity contribution in [1.82, 2.24) is 0 Å². The Morgan fingerprint density at radius 2 is 2.14 bits per heavy atom. The fourth-order valence-corrected chi connectivity index (χ4v) is 4.43. The second-order valence-electron chi connectivity index (χ2n) is 5.21. The maximum absolute atomic E-state index is 12.1. The highest BCUT2D eigenvalue weighted by molar-refractivity contribution is 9.10. The summed E-state index contributed by atoms with van der Waals surface area (Å²) in [5.41, 5.74) is -0.396. The van der Waals surface area contributed by atoms with Gasteiger partial charge in [0.2, 0.25) is 0 Å². The fraction of sp³-hybridized carbons (Fsp3) is 0.818. The first kappa shape index (κ1) is 10.2. The van der Waals surface area contributed by atoms with E-state index in [0.29, 0.717) is 12.2 Å². The number of hydrogen-bond acceptors (Lipinski definition) is 2. The molecule has 2 bridgehead atoms. The Labute approximate surface area is 92.8 Å². The maximum atomic E-state index is 12.1. The summed E-state index contributed by atoms with van der Waals surface area (Å²) in [6, 6.07) is 2.25. The summed E-state index contributed by atoms with van der Waals surface area (Å²) in [7, 11) is 0. The summed E-state index contributed by atoms with van der Waals surface area (Å²) in [5, 5.41) is 8.87. The van der Waals surface area contributed by atoms with E-state index in [-0.39, 0.29) is 15.2 Å². The van der Waals surface area contributed by atoms with Crippen LogP contribution >= 0.6 is 15.9 Å². The van der Waals surface area contributed by atoms with Gasteiger partial charge in [0.15, 0.2) is 5.78 Å². The Morgan fingerprint density at radius 1 is 1.50 bits per heavy atom. The molecule has 3 heteroatoms. The molecule has 0 unspecified atom stereocenters. The first-order chi connectivity index (χ1) is 6.38. The number of nitriles is 1. The Balaban J connectivity index is 2.47. The van der Waals surface area contributed by atoms with E-state index in [9.17, 15) is 4.79 Å². The van der Waals surface area contributed by atoms with Crippen molar-refractivity contribution in [1.29, 1.82) is 5.26 Å². The average Bonchev–Trinajstić information content (AvgIpc) is 2.50. The molecule has 2 atom stereocenters. The highest BCUT2D eigenvalue weighted by Crippen LogP contribution is 2.67. The van der Waals surface area contributed by atoms with Gasteiger partial charge in [-0.25, -0.2) is 0 Å². The van der Waals surface area contributed by atoms with Crippen LogP contribution in [0, 0.1) is 22.2 Å². The lowest BCUT2D eigenvalue weighted by atomic mass is 9.63. The molecule has 0 spiro atoms. The van der Waals surface area contributed by atoms with Crippen molar-refractivity contribution < 1.29 is 4.79 Å². The quantitative estimate of drug-likeness (QED) is 0.677. The van der Waals surface area contributed by atoms with Crippen molar-refractivity contribution in [3.05, 3.63) is 0 Å². The minimum atomic E-state index is -0.329. The lowest BCUT2D eigenvalue weighted by Gasteiger charge is -2.39. The minimum absolute atomic E-state index is 0.0671. The van der Waals surface area contributed by atoms with Crippen LogP contribution in [0.2, 0.25) is 0 Å². The molecule has 0 aliphatic heterocycles. The van der Waals surface area contributed by atoms with E-state index in [0.717, 1.165) is 19.3 Å². The summed E-state index contributed by atoms with van der Waals surface area (Å²) in [6.45, 7) is 3.99. The summed E-state index contributed by atoms with van der Waals surface area (Å²) in [4.78, 5) is 12.1. The lowest BCUT2D eigenvalue weighted by Crippen LogP contribution is -2.42. The Bertz CT molecular complexity index is 344. The first-order valence-electron chi connectivity index (χ1n) is 4.99. The van der Waals surface area contributed by atoms with Gasteiger partial charge in [-0.1, -0.05) is 29.8 Å². The van der Waals surface area contributed by atoms with Crippen LogP contribution in [0.3, 0.4) is 0 Å². The van der Waals surface area contributed by atoms with Crippen molar-refractivity contribution in [2.24, 2.45) is 10.8 Å². The van der Waals surface area contributed by atoms with Crippen LogP contribution in [0.15, 0.2) is 0 Å². The Morgan fingerprint density at radius 3 is 2.57 bits per heavy atom. The summed E-state index contributed by atoms with van der Waals surface area (Å²) in [6.07, 6.45) is 3.26. The number of halogens is 1. The molecule has 0 aromatic heterocycles. The standard InChI is InChI=1S/C11H14BrNO/c1-9(2)8(14)11(12)4-3-10(9,7-11)5-6-13/h3-5,7H2,1-2H3/t10-,11-/m0/s1. The van der Waals surface area contributed by atoms with E-state index < -0.39 is 0 Å². The molecule has 0 aromatic carbocycles. The van der Waals surface area contributed by atoms with E-state index in [1.807, 2.05) is 13.8 Å². The van der Waals surface area contributed by atoms with Gasteiger partial charge in [-0.15, -0.1) is 0 Å². The van der Waals surface area contributed by atoms with Crippen molar-refractivity contribution in [3.63, 3.8) is 0 Å². The molecule has 0 amide bonds. The van der Waals surface area contributed by atoms with Gasteiger partial charge in [0.05, 0.1) is 10.4 Å². The molecule has 2 nitrogen and oxygen atoms in total. The number of fused-ring (bicyclic) bond motifs is 2. The molecule has 2 rings (SSSR count). The van der Waals surface area contributed by atoms with E-state index in [4.69, 9.17) is 5.26 Å². The molecule has 0 saturated heterocycles. The van der Waals surface area contributed by atoms with E-state index in [2.05, 4.69) is 22.0 Å². The van der Waals surface area contributed by atoms with Gasteiger partial charge < -0.3 is 0 Å². The third-order valence-corrected chi connectivity index (χ3v) is 5.37. The first-order valence-corrected chi connectivity index (χ1v) is 5.78. The van der Waals surface area contributed by atoms with Gasteiger partial charge in [-0.3, -0.25) is 4.79 Å². The molecule has 2 aliphatic rings. The summed E-state index contributed by atoms with van der Waals surface area (Å²) < 4.78 is -0.312. The van der Waals surface area contributed by atoms with Crippen LogP contribution in [0.1, 0.15) is 39.5 Å². The zero-order valence-electron chi connectivity index (χ0n) is 8.56. The normalized spacial score (nSPS) is 44.0. The van der Waals surface area contributed by atoms with Crippen molar-refractivity contribution in [2.75, 3.05) is 0 Å². The number of carbonyl (C=O) groups is 1. The molecular weight excluding hydrogens is 242 g/mol. The zero-order valence-corrected chi connectivity index (χ0v) is 10.1. The second kappa shape index (κ2) is 2.61. The van der Waals surface area contributed by atoms with E-state index >= 15 is 0 Å². The van der Waals surface area contributed by atoms with Crippen LogP contribution in [-0.2, 0) is 4.79 Å². The molecular formula is C11H14BrNO. The minimum Gasteiger partial charge on any atom is -0.297 e. The summed E-state index contributed by atoms with van der Waals surface area (Å²) >= 11 is 3.57. The average molecular weight is 256 g/mol. The van der Waals surface area contributed by atoms with E-state index in [1.54, 1.807) is 0 Å². The molecule has 0 heterocycles. The third-order valence-electron chi connectivity index (χ3n) is 4.34. The zero-order chi connectivity index (χ0) is 10.6. The molecule has 0 aromatic rings. The smallest absolute Gasteiger partial charge is 0.155 e. The van der Waals surface area contributed by atoms with Crippen LogP contribution in [0.4, 0.5) is 0 Å². The fourth-order valence-electron chi connectivity index (χ4n) is 3.20. The maximum Gasteiger partial charge on any atom is 0.155 e. The highest BCUT2D eigenvalue weighted by atomic mass is 79.9. The molecule has 76 valence electrons. The van der Waals surface area contributed by atoms with Crippen LogP contribution < -0.4 is 0 Å². The van der Waals surface area contributed by atoms with Gasteiger partial charge in [0.1, 0.15) is 0 Å². The number of carbonyl (C=O) groups excluding carboxylic acids is 1. The Hall–Kier alpha value is -0.360. The highest BCUT2D eigenvalue weighted by Gasteiger charge is 2.68. The molecule has 0 radical (unpaired) electrons. The van der Waals surface area contributed by atoms with Crippen LogP contribution in [0.25, 0.3) is 0 Å². The Kier molecular flexibility index (Phi) is 1.89. The number of rotatable bonds is 1. The second-order valence-corrected chi connectivity index (χ2v) is 6.73. The molecule has 2 fully saturated rings. The molecule has 0 N–H and O–H groups in total. The van der Waals surface area contributed by atoms with Gasteiger partial charge >= 0.3 is 0 Å². The third kappa shape index (κ3) is 0.930. The molecule has 14 heavy (non-hydrogen) atoms. The van der Waals surface area contributed by atoms with Gasteiger partial charge in [-0.05, 0) is 24.7 Å². The SMILES string of the molecule is CC1(C)C(=O)[C@]2(Br)CC[C@]1(CC#N)C2. The van der Waals surface area contributed by atoms with Gasteiger partial charge in [0.25, 0.3) is 0 Å². The monoisotopic (exact) mass is 255 g/mol. The predicted molar refractivity (Wildman–Crippen MR) is 57.0 cm³/mol. The number of Topliss-reactive ketones (excluding diaryl/α,β-unsaturated/α-hetero) is 1.